The SMILES string of the molecule is Cc1ccccc1CN1CCC(=O)CC1.Cc1ccccc1CN1CCC2(CC1)NCCO2.Cl.O=C1CCNCC1. The zero-order valence-corrected chi connectivity index (χ0v) is 25.8. The van der Waals surface area contributed by atoms with Gasteiger partial charge in [0.2, 0.25) is 0 Å². The van der Waals surface area contributed by atoms with Crippen LogP contribution in [0.3, 0.4) is 0 Å². The van der Waals surface area contributed by atoms with Crippen LogP contribution in [0.4, 0.5) is 0 Å². The minimum Gasteiger partial charge on any atom is -0.359 e. The van der Waals surface area contributed by atoms with Gasteiger partial charge in [0.1, 0.15) is 17.3 Å². The van der Waals surface area contributed by atoms with Crippen molar-refractivity contribution in [2.24, 2.45) is 0 Å². The molecule has 41 heavy (non-hydrogen) atoms. The predicted molar refractivity (Wildman–Crippen MR) is 167 cm³/mol. The summed E-state index contributed by atoms with van der Waals surface area (Å²) in [6.07, 6.45) is 5.15. The highest BCUT2D eigenvalue weighted by atomic mass is 35.5. The summed E-state index contributed by atoms with van der Waals surface area (Å²) in [6, 6.07) is 17.1. The van der Waals surface area contributed by atoms with Crippen LogP contribution in [0.25, 0.3) is 0 Å². The zero-order valence-electron chi connectivity index (χ0n) is 25.0. The number of ether oxygens (including phenoxy) is 1. The lowest BCUT2D eigenvalue weighted by Gasteiger charge is -2.38. The van der Waals surface area contributed by atoms with Crippen molar-refractivity contribution in [3.8, 4) is 0 Å². The molecule has 4 aliphatic rings. The van der Waals surface area contributed by atoms with E-state index in [1.165, 1.54) is 22.3 Å². The van der Waals surface area contributed by atoms with Crippen molar-refractivity contribution >= 4 is 24.0 Å². The number of Topliss-reactive ketones (excluding diaryl/α,β-unsaturated/α-hetero) is 2. The van der Waals surface area contributed by atoms with E-state index < -0.39 is 0 Å². The first-order valence-electron chi connectivity index (χ1n) is 15.1. The van der Waals surface area contributed by atoms with E-state index in [0.717, 1.165) is 104 Å². The quantitative estimate of drug-likeness (QED) is 0.551. The molecule has 0 aliphatic carbocycles. The van der Waals surface area contributed by atoms with Gasteiger partial charge >= 0.3 is 0 Å². The highest BCUT2D eigenvalue weighted by Crippen LogP contribution is 2.27. The number of rotatable bonds is 4. The van der Waals surface area contributed by atoms with Crippen molar-refractivity contribution in [2.45, 2.75) is 71.2 Å². The van der Waals surface area contributed by atoms with Gasteiger partial charge in [0, 0.05) is 97.4 Å². The van der Waals surface area contributed by atoms with E-state index >= 15 is 0 Å². The molecule has 4 heterocycles. The Morgan fingerprint density at radius 2 is 1.20 bits per heavy atom. The molecular formula is C33H49ClN4O3. The monoisotopic (exact) mass is 584 g/mol. The van der Waals surface area contributed by atoms with Gasteiger partial charge in [-0.1, -0.05) is 48.5 Å². The molecular weight excluding hydrogens is 536 g/mol. The Balaban J connectivity index is 0.000000182. The second-order valence-electron chi connectivity index (χ2n) is 11.5. The van der Waals surface area contributed by atoms with Crippen LogP contribution >= 0.6 is 12.4 Å². The number of nitrogens with zero attached hydrogens (tertiary/aromatic N) is 2. The molecule has 2 aromatic carbocycles. The number of hydrogen-bond donors (Lipinski definition) is 2. The molecule has 4 fully saturated rings. The highest BCUT2D eigenvalue weighted by molar-refractivity contribution is 5.85. The van der Waals surface area contributed by atoms with Crippen molar-refractivity contribution in [2.75, 3.05) is 52.4 Å². The summed E-state index contributed by atoms with van der Waals surface area (Å²) < 4.78 is 5.87. The third-order valence-electron chi connectivity index (χ3n) is 8.48. The number of halogens is 1. The fraction of sp³-hybridized carbons (Fsp3) is 0.576. The number of carbonyl (C=O) groups is 2. The molecule has 0 radical (unpaired) electrons. The van der Waals surface area contributed by atoms with E-state index in [2.05, 4.69) is 82.8 Å². The maximum Gasteiger partial charge on any atom is 0.135 e. The Morgan fingerprint density at radius 1 is 0.707 bits per heavy atom. The molecule has 4 aliphatic heterocycles. The van der Waals surface area contributed by atoms with Crippen LogP contribution in [0.5, 0.6) is 0 Å². The Hall–Kier alpha value is -2.13. The Kier molecular flexibility index (Phi) is 13.9. The van der Waals surface area contributed by atoms with Crippen LogP contribution in [0, 0.1) is 13.8 Å². The molecule has 0 aromatic heterocycles. The van der Waals surface area contributed by atoms with Gasteiger partial charge in [-0.2, -0.15) is 0 Å². The summed E-state index contributed by atoms with van der Waals surface area (Å²) in [5.41, 5.74) is 5.57. The zero-order chi connectivity index (χ0) is 28.2. The summed E-state index contributed by atoms with van der Waals surface area (Å²) in [5.74, 6) is 0.815. The van der Waals surface area contributed by atoms with E-state index in [0.29, 0.717) is 11.6 Å². The second kappa shape index (κ2) is 17.1. The third kappa shape index (κ3) is 10.9. The molecule has 7 nitrogen and oxygen atoms in total. The summed E-state index contributed by atoms with van der Waals surface area (Å²) in [5, 5.41) is 6.61. The van der Waals surface area contributed by atoms with Crippen molar-refractivity contribution in [1.82, 2.24) is 20.4 Å². The third-order valence-corrected chi connectivity index (χ3v) is 8.48. The number of benzene rings is 2. The number of aryl methyl sites for hydroxylation is 2. The molecule has 226 valence electrons. The number of hydrogen-bond acceptors (Lipinski definition) is 7. The second-order valence-corrected chi connectivity index (χ2v) is 11.5. The van der Waals surface area contributed by atoms with E-state index in [1.54, 1.807) is 0 Å². The minimum absolute atomic E-state index is 0. The number of likely N-dealkylation sites (tertiary alicyclic amines) is 2. The topological polar surface area (TPSA) is 73.9 Å². The van der Waals surface area contributed by atoms with Gasteiger partial charge in [-0.15, -0.1) is 12.4 Å². The van der Waals surface area contributed by atoms with Crippen molar-refractivity contribution in [3.05, 3.63) is 70.8 Å². The van der Waals surface area contributed by atoms with Crippen LogP contribution in [0.1, 0.15) is 60.8 Å². The van der Waals surface area contributed by atoms with Crippen molar-refractivity contribution in [1.29, 1.82) is 0 Å². The number of nitrogens with one attached hydrogen (secondary N) is 2. The molecule has 0 unspecified atom stereocenters. The molecule has 1 spiro atoms. The molecule has 6 rings (SSSR count). The van der Waals surface area contributed by atoms with Gasteiger partial charge in [0.05, 0.1) is 6.61 Å². The van der Waals surface area contributed by atoms with Crippen LogP contribution in [-0.4, -0.2) is 79.5 Å². The number of carbonyl (C=O) groups excluding carboxylic acids is 2. The van der Waals surface area contributed by atoms with Gasteiger partial charge in [-0.25, -0.2) is 0 Å². The number of piperidine rings is 3. The van der Waals surface area contributed by atoms with E-state index in [1.807, 2.05) is 0 Å². The molecule has 0 atom stereocenters. The maximum atomic E-state index is 11.1. The van der Waals surface area contributed by atoms with Crippen molar-refractivity contribution in [3.63, 3.8) is 0 Å². The lowest BCUT2D eigenvalue weighted by atomic mass is 9.99. The minimum atomic E-state index is 0. The van der Waals surface area contributed by atoms with E-state index in [9.17, 15) is 9.59 Å². The fourth-order valence-electron chi connectivity index (χ4n) is 5.69. The predicted octanol–water partition coefficient (Wildman–Crippen LogP) is 4.43. The molecule has 0 bridgehead atoms. The first kappa shape index (κ1) is 33.4. The van der Waals surface area contributed by atoms with E-state index in [4.69, 9.17) is 4.74 Å². The molecule has 0 amide bonds. The first-order chi connectivity index (χ1) is 19.4. The van der Waals surface area contributed by atoms with Crippen LogP contribution in [0.2, 0.25) is 0 Å². The Morgan fingerprint density at radius 3 is 1.63 bits per heavy atom. The standard InChI is InChI=1S/C15H22N2O.C13H17NO.C5H9NO.ClH/c1-13-4-2-3-5-14(13)12-17-9-6-15(7-10-17)16-8-11-18-15;1-11-4-2-3-5-12(11)10-14-8-6-13(15)7-9-14;7-5-1-3-6-4-2-5;/h2-5,16H,6-12H2,1H3;2-5H,6-10H2,1H3;6H,1-4H2;1H. The number of ketones is 2. The van der Waals surface area contributed by atoms with Crippen LogP contribution in [0.15, 0.2) is 48.5 Å². The smallest absolute Gasteiger partial charge is 0.135 e. The summed E-state index contributed by atoms with van der Waals surface area (Å²) in [6.45, 7) is 14.2. The average Bonchev–Trinajstić information content (AvgIpc) is 3.43. The molecule has 2 aromatic rings. The lowest BCUT2D eigenvalue weighted by molar-refractivity contribution is -0.121. The largest absolute Gasteiger partial charge is 0.359 e. The molecule has 0 saturated carbocycles. The average molecular weight is 585 g/mol. The normalized spacial score (nSPS) is 20.8. The molecule has 2 N–H and O–H groups in total. The maximum absolute atomic E-state index is 11.1. The van der Waals surface area contributed by atoms with Gasteiger partial charge in [-0.05, 0) is 36.1 Å². The van der Waals surface area contributed by atoms with Crippen LogP contribution in [-0.2, 0) is 27.4 Å². The van der Waals surface area contributed by atoms with Gasteiger partial charge in [0.15, 0.2) is 0 Å². The van der Waals surface area contributed by atoms with Gasteiger partial charge in [0.25, 0.3) is 0 Å². The van der Waals surface area contributed by atoms with Crippen molar-refractivity contribution < 1.29 is 14.3 Å². The summed E-state index contributed by atoms with van der Waals surface area (Å²) >= 11 is 0. The highest BCUT2D eigenvalue weighted by Gasteiger charge is 2.37. The molecule has 4 saturated heterocycles. The lowest BCUT2D eigenvalue weighted by Crippen LogP contribution is -2.50. The van der Waals surface area contributed by atoms with Crippen LogP contribution < -0.4 is 10.6 Å². The summed E-state index contributed by atoms with van der Waals surface area (Å²) in [7, 11) is 0. The van der Waals surface area contributed by atoms with Gasteiger partial charge in [-0.3, -0.25) is 24.7 Å². The summed E-state index contributed by atoms with van der Waals surface area (Å²) in [4.78, 5) is 26.4. The Labute approximate surface area is 252 Å². The van der Waals surface area contributed by atoms with E-state index in [-0.39, 0.29) is 18.1 Å². The fourth-order valence-corrected chi connectivity index (χ4v) is 5.69. The molecule has 8 heteroatoms. The first-order valence-corrected chi connectivity index (χ1v) is 15.1. The van der Waals surface area contributed by atoms with Gasteiger partial charge < -0.3 is 10.1 Å². The Bertz CT molecular complexity index is 1080.